The third-order valence-corrected chi connectivity index (χ3v) is 3.34. The summed E-state index contributed by atoms with van der Waals surface area (Å²) in [6.07, 6.45) is -0.505. The molecule has 0 saturated carbocycles. The zero-order valence-electron chi connectivity index (χ0n) is 16.3. The molecule has 1 atom stereocenters. The number of fused-ring (bicyclic) bond motifs is 1. The maximum atomic E-state index is 9.49. The van der Waals surface area contributed by atoms with Crippen LogP contribution in [-0.4, -0.2) is 57.3 Å². The molecule has 0 spiro atoms. The van der Waals surface area contributed by atoms with Gasteiger partial charge in [-0.2, -0.15) is 9.97 Å². The molecule has 2 aromatic rings. The highest BCUT2D eigenvalue weighted by molar-refractivity contribution is 5.94. The zero-order valence-corrected chi connectivity index (χ0v) is 17.1. The predicted molar refractivity (Wildman–Crippen MR) is 114 cm³/mol. The molecule has 150 valence electrons. The Morgan fingerprint density at radius 2 is 1.41 bits per heavy atom. The van der Waals surface area contributed by atoms with Gasteiger partial charge in [0.05, 0.1) is 6.10 Å². The quantitative estimate of drug-likeness (QED) is 0.385. The topological polar surface area (TPSA) is 120 Å². The van der Waals surface area contributed by atoms with Crippen LogP contribution in [0.4, 0.5) is 23.5 Å². The minimum atomic E-state index is -0.505. The lowest BCUT2D eigenvalue weighted by Gasteiger charge is -2.15. The van der Waals surface area contributed by atoms with Crippen molar-refractivity contribution in [2.24, 2.45) is 0 Å². The van der Waals surface area contributed by atoms with E-state index in [1.54, 1.807) is 6.92 Å². The van der Waals surface area contributed by atoms with Crippen LogP contribution in [0.15, 0.2) is 12.2 Å². The number of halogens is 1. The van der Waals surface area contributed by atoms with Crippen molar-refractivity contribution in [3.8, 4) is 0 Å². The smallest absolute Gasteiger partial charge is 0.225 e. The van der Waals surface area contributed by atoms with E-state index in [4.69, 9.17) is 0 Å². The largest absolute Gasteiger partial charge is 0.392 e. The first-order valence-corrected chi connectivity index (χ1v) is 8.82. The molecule has 0 aromatic carbocycles. The molecule has 0 bridgehead atoms. The van der Waals surface area contributed by atoms with E-state index in [2.05, 4.69) is 47.8 Å². The van der Waals surface area contributed by atoms with Gasteiger partial charge in [-0.15, -0.1) is 12.4 Å². The van der Waals surface area contributed by atoms with Crippen LogP contribution in [0.2, 0.25) is 0 Å². The summed E-state index contributed by atoms with van der Waals surface area (Å²) in [5.41, 5.74) is 2.23. The first-order valence-electron chi connectivity index (χ1n) is 8.82. The van der Waals surface area contributed by atoms with E-state index in [1.807, 2.05) is 20.8 Å². The molecule has 10 heteroatoms. The van der Waals surface area contributed by atoms with Crippen LogP contribution in [-0.2, 0) is 0 Å². The molecule has 1 unspecified atom stereocenters. The Morgan fingerprint density at radius 3 is 1.81 bits per heavy atom. The second kappa shape index (κ2) is 10.7. The molecular weight excluding hydrogens is 368 g/mol. The Balaban J connectivity index is 0.00000364. The van der Waals surface area contributed by atoms with E-state index in [9.17, 15) is 5.11 Å². The number of rotatable bonds is 10. The van der Waals surface area contributed by atoms with Gasteiger partial charge in [0.1, 0.15) is 11.0 Å². The molecule has 0 amide bonds. The summed E-state index contributed by atoms with van der Waals surface area (Å²) in [5.74, 6) is 2.15. The SMILES string of the molecule is C=C(C)CNc1nc(NCC)c2nc(NCC(C)O)nc(NCC)c2n1.Cl. The summed E-state index contributed by atoms with van der Waals surface area (Å²) in [7, 11) is 0. The van der Waals surface area contributed by atoms with Gasteiger partial charge in [-0.3, -0.25) is 0 Å². The van der Waals surface area contributed by atoms with Crippen molar-refractivity contribution in [1.82, 2.24) is 19.9 Å². The third kappa shape index (κ3) is 6.37. The highest BCUT2D eigenvalue weighted by Gasteiger charge is 2.15. The van der Waals surface area contributed by atoms with Gasteiger partial charge in [-0.1, -0.05) is 12.2 Å². The van der Waals surface area contributed by atoms with Gasteiger partial charge in [0.15, 0.2) is 11.6 Å². The lowest BCUT2D eigenvalue weighted by Crippen LogP contribution is -2.18. The van der Waals surface area contributed by atoms with Gasteiger partial charge in [0.25, 0.3) is 0 Å². The molecule has 0 saturated heterocycles. The molecule has 2 rings (SSSR count). The molecule has 0 aliphatic heterocycles. The zero-order chi connectivity index (χ0) is 19.1. The van der Waals surface area contributed by atoms with Crippen molar-refractivity contribution in [3.05, 3.63) is 12.2 Å². The number of aliphatic hydroxyl groups is 1. The standard InChI is InChI=1S/C17H28N8O.ClH/c1-6-18-14-13-12(22-16(24-14)20-8-10(3)4)15(19-7-2)25-17(23-13)21-9-11(5)26;/h11,26H,3,6-9H2,1-2,4-5H3,(H2,18,20,22,24)(H2,19,21,23,25);1H. The Hall–Kier alpha value is -2.39. The minimum Gasteiger partial charge on any atom is -0.392 e. The van der Waals surface area contributed by atoms with Crippen LogP contribution < -0.4 is 21.3 Å². The number of nitrogens with one attached hydrogen (secondary N) is 4. The highest BCUT2D eigenvalue weighted by atomic mass is 35.5. The molecule has 0 aliphatic carbocycles. The van der Waals surface area contributed by atoms with Crippen molar-refractivity contribution in [1.29, 1.82) is 0 Å². The van der Waals surface area contributed by atoms with Crippen LogP contribution in [0.1, 0.15) is 27.7 Å². The van der Waals surface area contributed by atoms with Gasteiger partial charge in [-0.25, -0.2) is 9.97 Å². The second-order valence-electron chi connectivity index (χ2n) is 6.09. The molecule has 0 radical (unpaired) electrons. The summed E-state index contributed by atoms with van der Waals surface area (Å²) in [6, 6.07) is 0. The van der Waals surface area contributed by atoms with Crippen LogP contribution in [0.25, 0.3) is 11.0 Å². The minimum absolute atomic E-state index is 0. The fraction of sp³-hybridized carbons (Fsp3) is 0.529. The Morgan fingerprint density at radius 1 is 0.926 bits per heavy atom. The number of anilines is 4. The molecule has 5 N–H and O–H groups in total. The van der Waals surface area contributed by atoms with Crippen molar-refractivity contribution in [2.45, 2.75) is 33.8 Å². The number of aliphatic hydroxyl groups excluding tert-OH is 1. The van der Waals surface area contributed by atoms with Crippen LogP contribution in [0.5, 0.6) is 0 Å². The summed E-state index contributed by atoms with van der Waals surface area (Å²) >= 11 is 0. The fourth-order valence-electron chi connectivity index (χ4n) is 2.22. The number of nitrogens with zero attached hydrogens (tertiary/aromatic N) is 4. The number of hydrogen-bond donors (Lipinski definition) is 5. The maximum absolute atomic E-state index is 9.49. The van der Waals surface area contributed by atoms with Gasteiger partial charge < -0.3 is 26.4 Å². The van der Waals surface area contributed by atoms with E-state index in [0.29, 0.717) is 60.7 Å². The number of aromatic nitrogens is 4. The molecular formula is C17H29ClN8O. The third-order valence-electron chi connectivity index (χ3n) is 3.34. The summed E-state index contributed by atoms with van der Waals surface area (Å²) in [6.45, 7) is 13.8. The molecule has 2 aromatic heterocycles. The van der Waals surface area contributed by atoms with E-state index in [-0.39, 0.29) is 12.4 Å². The maximum Gasteiger partial charge on any atom is 0.225 e. The Kier molecular flexibility index (Phi) is 8.96. The summed E-state index contributed by atoms with van der Waals surface area (Å²) in [4.78, 5) is 18.1. The summed E-state index contributed by atoms with van der Waals surface area (Å²) in [5, 5.41) is 22.1. The van der Waals surface area contributed by atoms with Gasteiger partial charge in [-0.05, 0) is 27.7 Å². The average Bonchev–Trinajstić information content (AvgIpc) is 2.59. The van der Waals surface area contributed by atoms with Gasteiger partial charge in [0.2, 0.25) is 11.9 Å². The van der Waals surface area contributed by atoms with Crippen LogP contribution >= 0.6 is 12.4 Å². The van der Waals surface area contributed by atoms with Crippen molar-refractivity contribution in [2.75, 3.05) is 47.4 Å². The first kappa shape index (κ1) is 22.7. The lowest BCUT2D eigenvalue weighted by atomic mass is 10.3. The number of hydrogen-bond acceptors (Lipinski definition) is 9. The van der Waals surface area contributed by atoms with Gasteiger partial charge in [0, 0.05) is 26.2 Å². The Bertz CT molecular complexity index is 768. The second-order valence-corrected chi connectivity index (χ2v) is 6.09. The van der Waals surface area contributed by atoms with Crippen LogP contribution in [0, 0.1) is 0 Å². The van der Waals surface area contributed by atoms with Crippen molar-refractivity contribution >= 4 is 47.0 Å². The van der Waals surface area contributed by atoms with E-state index >= 15 is 0 Å². The average molecular weight is 397 g/mol. The van der Waals surface area contributed by atoms with Gasteiger partial charge >= 0.3 is 0 Å². The molecule has 2 heterocycles. The molecule has 0 fully saturated rings. The lowest BCUT2D eigenvalue weighted by molar-refractivity contribution is 0.208. The Labute approximate surface area is 165 Å². The molecule has 0 aliphatic rings. The van der Waals surface area contributed by atoms with Crippen molar-refractivity contribution in [3.63, 3.8) is 0 Å². The predicted octanol–water partition coefficient (Wildman–Crippen LogP) is 2.49. The highest BCUT2D eigenvalue weighted by Crippen LogP contribution is 2.26. The van der Waals surface area contributed by atoms with E-state index in [0.717, 1.165) is 5.57 Å². The van der Waals surface area contributed by atoms with E-state index in [1.165, 1.54) is 0 Å². The monoisotopic (exact) mass is 396 g/mol. The van der Waals surface area contributed by atoms with E-state index < -0.39 is 6.10 Å². The molecule has 27 heavy (non-hydrogen) atoms. The molecule has 9 nitrogen and oxygen atoms in total. The first-order chi connectivity index (χ1) is 12.4. The normalized spacial score (nSPS) is 11.4. The van der Waals surface area contributed by atoms with Crippen molar-refractivity contribution < 1.29 is 5.11 Å². The summed E-state index contributed by atoms with van der Waals surface area (Å²) < 4.78 is 0. The van der Waals surface area contributed by atoms with Crippen LogP contribution in [0.3, 0.4) is 0 Å². The fourth-order valence-corrected chi connectivity index (χ4v) is 2.22.